The molecule has 2 aromatic rings. The van der Waals surface area contributed by atoms with Crippen LogP contribution in [0.3, 0.4) is 0 Å². The number of fused-ring (bicyclic) bond motifs is 4. The molecule has 0 aromatic heterocycles. The number of hydrogen-bond acceptors (Lipinski definition) is 3. The minimum atomic E-state index is -1.04. The zero-order valence-corrected chi connectivity index (χ0v) is 26.3. The summed E-state index contributed by atoms with van der Waals surface area (Å²) in [6, 6.07) is 17.5. The lowest BCUT2D eigenvalue weighted by atomic mass is 9.51. The number of benzene rings is 2. The molecule has 2 saturated carbocycles. The fraction of sp³-hybridized carbons (Fsp3) is 0.457. The first-order valence-electron chi connectivity index (χ1n) is 12.9. The van der Waals surface area contributed by atoms with E-state index >= 15 is 0 Å². The first-order chi connectivity index (χ1) is 16.9. The molecule has 0 heterocycles. The molecular formula is C35H52O3S4. The molecule has 2 N–H and O–H groups in total. The molecule has 0 unspecified atom stereocenters. The van der Waals surface area contributed by atoms with Crippen molar-refractivity contribution in [2.75, 3.05) is 0 Å². The molecule has 0 amide bonds. The number of carbonyl (C=O) groups is 1. The Kier molecular flexibility index (Phi) is 16.6. The van der Waals surface area contributed by atoms with Gasteiger partial charge in [0.05, 0.1) is 0 Å². The van der Waals surface area contributed by atoms with Gasteiger partial charge in [-0.15, -0.1) is 0 Å². The second-order valence-corrected chi connectivity index (χ2v) is 11.1. The van der Waals surface area contributed by atoms with E-state index < -0.39 is 5.60 Å². The van der Waals surface area contributed by atoms with Crippen molar-refractivity contribution in [3.8, 4) is 17.6 Å². The number of phenols is 1. The van der Waals surface area contributed by atoms with E-state index in [1.165, 1.54) is 22.3 Å². The Morgan fingerprint density at radius 2 is 1.50 bits per heavy atom. The number of phenolic OH excluding ortho intramolecular Hbond substituents is 1. The molecule has 5 atom stereocenters. The van der Waals surface area contributed by atoms with Crippen LogP contribution in [0.25, 0.3) is 0 Å². The second kappa shape index (κ2) is 16.4. The second-order valence-electron chi connectivity index (χ2n) is 11.1. The van der Waals surface area contributed by atoms with Gasteiger partial charge in [0.15, 0.2) is 5.78 Å². The largest absolute Gasteiger partial charge is 0.508 e. The Morgan fingerprint density at radius 1 is 0.857 bits per heavy atom. The number of aliphatic hydroxyl groups is 1. The average Bonchev–Trinajstić information content (AvgIpc) is 3.13. The lowest BCUT2D eigenvalue weighted by Crippen LogP contribution is -2.51. The molecule has 4 aliphatic carbocycles. The summed E-state index contributed by atoms with van der Waals surface area (Å²) < 4.78 is 0. The van der Waals surface area contributed by atoms with Gasteiger partial charge in [-0.05, 0) is 97.4 Å². The van der Waals surface area contributed by atoms with Crippen molar-refractivity contribution in [3.05, 3.63) is 88.5 Å². The molecule has 4 aliphatic rings. The number of allylic oxidation sites excluding steroid dienone is 4. The number of rotatable bonds is 1. The van der Waals surface area contributed by atoms with Gasteiger partial charge in [-0.3, -0.25) is 4.79 Å². The van der Waals surface area contributed by atoms with E-state index in [1.807, 2.05) is 48.5 Å². The summed E-state index contributed by atoms with van der Waals surface area (Å²) in [6.07, 6.45) is 7.75. The third kappa shape index (κ3) is 7.16. The number of aromatic hydroxyl groups is 1. The molecule has 7 heteroatoms. The van der Waals surface area contributed by atoms with E-state index in [2.05, 4.69) is 18.8 Å². The van der Waals surface area contributed by atoms with Gasteiger partial charge in [0, 0.05) is 23.3 Å². The maximum atomic E-state index is 12.2. The van der Waals surface area contributed by atoms with Crippen LogP contribution in [0.15, 0.2) is 77.4 Å². The Labute approximate surface area is 282 Å². The maximum Gasteiger partial charge on any atom is 0.156 e. The summed E-state index contributed by atoms with van der Waals surface area (Å²) in [5, 5.41) is 22.0. The van der Waals surface area contributed by atoms with Crippen LogP contribution in [0.1, 0.15) is 91.2 Å². The van der Waals surface area contributed by atoms with Crippen LogP contribution in [0.2, 0.25) is 0 Å². The molecule has 0 aliphatic heterocycles. The predicted molar refractivity (Wildman–Crippen MR) is 198 cm³/mol. The summed E-state index contributed by atoms with van der Waals surface area (Å²) in [5.74, 6) is 8.04. The van der Waals surface area contributed by atoms with Crippen LogP contribution in [-0.4, -0.2) is 21.6 Å². The van der Waals surface area contributed by atoms with Crippen molar-refractivity contribution < 1.29 is 15.0 Å². The summed E-state index contributed by atoms with van der Waals surface area (Å²) in [7, 11) is 0. The first-order valence-corrected chi connectivity index (χ1v) is 12.9. The third-order valence-electron chi connectivity index (χ3n) is 9.37. The third-order valence-corrected chi connectivity index (χ3v) is 9.37. The van der Waals surface area contributed by atoms with Gasteiger partial charge in [0.1, 0.15) is 11.4 Å². The average molecular weight is 649 g/mol. The van der Waals surface area contributed by atoms with Gasteiger partial charge in [-0.2, -0.15) is 54.0 Å². The highest BCUT2D eigenvalue weighted by molar-refractivity contribution is 7.59. The van der Waals surface area contributed by atoms with E-state index in [1.54, 1.807) is 12.1 Å². The SMILES string of the molecule is C.C.C.C[C@]12C[C@H](c3ccc(O)cc3)C3=C4CCC(=O)C=C4CC[C@H]3[C@@H]1CC[C@@]2(O)C#Cc1ccccc1.S.S.S.S. The van der Waals surface area contributed by atoms with E-state index in [0.29, 0.717) is 24.7 Å². The van der Waals surface area contributed by atoms with Crippen LogP contribution < -0.4 is 0 Å². The minimum Gasteiger partial charge on any atom is -0.508 e. The van der Waals surface area contributed by atoms with Crippen molar-refractivity contribution in [1.29, 1.82) is 0 Å². The van der Waals surface area contributed by atoms with Gasteiger partial charge in [-0.1, -0.05) is 76.9 Å². The Morgan fingerprint density at radius 3 is 2.14 bits per heavy atom. The Balaban J connectivity index is 0. The van der Waals surface area contributed by atoms with E-state index in [4.69, 9.17) is 0 Å². The van der Waals surface area contributed by atoms with E-state index in [9.17, 15) is 15.0 Å². The van der Waals surface area contributed by atoms with Crippen LogP contribution in [0.5, 0.6) is 5.75 Å². The van der Waals surface area contributed by atoms with Crippen molar-refractivity contribution >= 4 is 59.8 Å². The monoisotopic (exact) mass is 648 g/mol. The van der Waals surface area contributed by atoms with Gasteiger partial charge in [-0.25, -0.2) is 0 Å². The van der Waals surface area contributed by atoms with Crippen molar-refractivity contribution in [3.63, 3.8) is 0 Å². The molecule has 0 radical (unpaired) electrons. The zero-order valence-electron chi connectivity index (χ0n) is 22.3. The maximum absolute atomic E-state index is 12.2. The number of carbonyl (C=O) groups excluding carboxylic acids is 1. The summed E-state index contributed by atoms with van der Waals surface area (Å²) in [4.78, 5) is 12.2. The highest BCUT2D eigenvalue weighted by atomic mass is 32.1. The van der Waals surface area contributed by atoms with Gasteiger partial charge in [0.2, 0.25) is 0 Å². The van der Waals surface area contributed by atoms with Gasteiger partial charge < -0.3 is 10.2 Å². The van der Waals surface area contributed by atoms with E-state index in [-0.39, 0.29) is 99.1 Å². The molecule has 234 valence electrons. The molecule has 0 bridgehead atoms. The summed E-state index contributed by atoms with van der Waals surface area (Å²) in [6.45, 7) is 2.26. The quantitative estimate of drug-likeness (QED) is 0.305. The van der Waals surface area contributed by atoms with E-state index in [0.717, 1.165) is 37.7 Å². The molecule has 6 rings (SSSR count). The zero-order chi connectivity index (χ0) is 24.2. The summed E-state index contributed by atoms with van der Waals surface area (Å²) in [5.41, 5.74) is 4.85. The molecule has 3 nitrogen and oxygen atoms in total. The molecule has 0 saturated heterocycles. The number of hydrogen-bond donors (Lipinski definition) is 2. The fourth-order valence-corrected chi connectivity index (χ4v) is 7.57. The normalized spacial score (nSPS) is 28.1. The topological polar surface area (TPSA) is 57.5 Å². The van der Waals surface area contributed by atoms with Gasteiger partial charge >= 0.3 is 0 Å². The van der Waals surface area contributed by atoms with Crippen LogP contribution in [0.4, 0.5) is 0 Å². The number of ketones is 1. The minimum absolute atomic E-state index is 0. The molecular weight excluding hydrogens is 597 g/mol. The summed E-state index contributed by atoms with van der Waals surface area (Å²) >= 11 is 0. The van der Waals surface area contributed by atoms with Crippen LogP contribution in [-0.2, 0) is 4.79 Å². The highest BCUT2D eigenvalue weighted by Crippen LogP contribution is 2.66. The lowest BCUT2D eigenvalue weighted by molar-refractivity contribution is -0.114. The smallest absolute Gasteiger partial charge is 0.156 e. The lowest BCUT2D eigenvalue weighted by Gasteiger charge is -2.53. The van der Waals surface area contributed by atoms with Crippen LogP contribution >= 0.6 is 54.0 Å². The van der Waals surface area contributed by atoms with Crippen molar-refractivity contribution in [1.82, 2.24) is 0 Å². The Bertz CT molecular complexity index is 1310. The predicted octanol–water partition coefficient (Wildman–Crippen LogP) is 8.43. The standard InChI is InChI=1S/C32H32O3.3CH4.4H2S/c1-31-20-28(22-7-10-24(33)11-8-22)30-26-14-12-25(34)19-23(26)9-13-27(30)29(31)16-18-32(31,35)17-15-21-5-3-2-4-6-21;;;;;;;/h2-8,10-11,19,27-29,33,35H,9,12-14,16,18,20H2,1H3;3*1H4;4*1H2/t27-,28+,29-,31-,32-;;;;;;;/m0......./s1. The first kappa shape index (κ1) is 42.4. The van der Waals surface area contributed by atoms with Crippen molar-refractivity contribution in [2.24, 2.45) is 17.3 Å². The van der Waals surface area contributed by atoms with Gasteiger partial charge in [0.25, 0.3) is 0 Å². The van der Waals surface area contributed by atoms with Crippen LogP contribution in [0, 0.1) is 29.1 Å². The molecule has 0 spiro atoms. The highest BCUT2D eigenvalue weighted by Gasteiger charge is 2.62. The fourth-order valence-electron chi connectivity index (χ4n) is 7.57. The van der Waals surface area contributed by atoms with Crippen molar-refractivity contribution in [2.45, 2.75) is 85.7 Å². The Hall–Kier alpha value is -1.69. The molecule has 2 aromatic carbocycles. The molecule has 2 fully saturated rings. The molecule has 42 heavy (non-hydrogen) atoms.